The van der Waals surface area contributed by atoms with Crippen LogP contribution in [0.1, 0.15) is 25.2 Å². The number of imidazole rings is 1. The van der Waals surface area contributed by atoms with Crippen LogP contribution in [0, 0.1) is 0 Å². The van der Waals surface area contributed by atoms with Crippen molar-refractivity contribution in [3.63, 3.8) is 0 Å². The van der Waals surface area contributed by atoms with Crippen LogP contribution in [0.15, 0.2) is 30.6 Å². The minimum atomic E-state index is -0.704. The Balaban J connectivity index is 2.16. The van der Waals surface area contributed by atoms with E-state index in [1.54, 1.807) is 20.4 Å². The highest BCUT2D eigenvalue weighted by Crippen LogP contribution is 2.33. The molecule has 1 amide bonds. The Morgan fingerprint density at radius 3 is 2.52 bits per heavy atom. The number of nitrogens with one attached hydrogen (secondary N) is 1. The number of carbonyl (C=O) groups excluding carboxylic acids is 1. The lowest BCUT2D eigenvalue weighted by atomic mass is 9.83. The molecular weight excluding hydrogens is 294 g/mol. The molecule has 0 aliphatic carbocycles. The van der Waals surface area contributed by atoms with Gasteiger partial charge in [-0.1, -0.05) is 6.07 Å². The monoisotopic (exact) mass is 317 g/mol. The average Bonchev–Trinajstić information content (AvgIpc) is 2.96. The number of nitrogens with zero attached hydrogens (tertiary/aromatic N) is 2. The number of carbonyl (C=O) groups is 1. The fraction of sp³-hybridized carbons (Fsp3) is 0.412. The molecule has 0 aliphatic heterocycles. The van der Waals surface area contributed by atoms with Crippen molar-refractivity contribution < 1.29 is 14.3 Å². The van der Waals surface area contributed by atoms with Crippen molar-refractivity contribution in [3.8, 4) is 11.5 Å². The first-order valence-corrected chi connectivity index (χ1v) is 7.37. The summed E-state index contributed by atoms with van der Waals surface area (Å²) in [5, 5.41) is 2.94. The number of amides is 1. The van der Waals surface area contributed by atoms with E-state index in [1.165, 1.54) is 0 Å². The van der Waals surface area contributed by atoms with Gasteiger partial charge >= 0.3 is 0 Å². The van der Waals surface area contributed by atoms with E-state index in [0.717, 1.165) is 11.4 Å². The summed E-state index contributed by atoms with van der Waals surface area (Å²) in [5.74, 6) is 1.98. The molecule has 0 atom stereocenters. The Hall–Kier alpha value is -2.50. The van der Waals surface area contributed by atoms with Gasteiger partial charge in [-0.3, -0.25) is 4.79 Å². The predicted molar refractivity (Wildman–Crippen MR) is 87.6 cm³/mol. The molecule has 0 fully saturated rings. The summed E-state index contributed by atoms with van der Waals surface area (Å²) >= 11 is 0. The average molecular weight is 317 g/mol. The summed E-state index contributed by atoms with van der Waals surface area (Å²) in [5.41, 5.74) is 0.151. The number of benzene rings is 1. The van der Waals surface area contributed by atoms with Crippen molar-refractivity contribution in [2.75, 3.05) is 14.2 Å². The van der Waals surface area contributed by atoms with Gasteiger partial charge in [0.05, 0.1) is 26.2 Å². The fourth-order valence-electron chi connectivity index (χ4n) is 2.30. The molecule has 0 aliphatic rings. The predicted octanol–water partition coefficient (Wildman–Crippen LogP) is 2.03. The summed E-state index contributed by atoms with van der Waals surface area (Å²) in [6.07, 6.45) is 3.56. The van der Waals surface area contributed by atoms with Crippen LogP contribution in [0.2, 0.25) is 0 Å². The molecule has 0 radical (unpaired) electrons. The molecule has 0 bridgehead atoms. The molecule has 2 aromatic rings. The van der Waals surface area contributed by atoms with Gasteiger partial charge in [-0.05, 0) is 31.5 Å². The summed E-state index contributed by atoms with van der Waals surface area (Å²) in [4.78, 5) is 16.8. The number of aryl methyl sites for hydroxylation is 1. The first kappa shape index (κ1) is 16.9. The largest absolute Gasteiger partial charge is 0.493 e. The zero-order chi connectivity index (χ0) is 17.0. The van der Waals surface area contributed by atoms with Gasteiger partial charge in [0, 0.05) is 19.4 Å². The fourth-order valence-corrected chi connectivity index (χ4v) is 2.30. The highest BCUT2D eigenvalue weighted by atomic mass is 16.5. The van der Waals surface area contributed by atoms with Gasteiger partial charge in [0.2, 0.25) is 5.91 Å². The normalized spacial score (nSPS) is 11.2. The Labute approximate surface area is 136 Å². The van der Waals surface area contributed by atoms with Gasteiger partial charge in [-0.25, -0.2) is 4.98 Å². The van der Waals surface area contributed by atoms with Crippen LogP contribution in [0.5, 0.6) is 11.5 Å². The third kappa shape index (κ3) is 3.47. The smallest absolute Gasteiger partial charge is 0.230 e. The molecule has 6 nitrogen and oxygen atoms in total. The molecule has 1 N–H and O–H groups in total. The molecule has 124 valence electrons. The number of aromatic nitrogens is 2. The maximum atomic E-state index is 12.6. The Kier molecular flexibility index (Phi) is 4.93. The number of hydrogen-bond donors (Lipinski definition) is 1. The zero-order valence-corrected chi connectivity index (χ0v) is 14.2. The van der Waals surface area contributed by atoms with Gasteiger partial charge in [0.1, 0.15) is 5.82 Å². The molecule has 1 heterocycles. The molecule has 23 heavy (non-hydrogen) atoms. The Morgan fingerprint density at radius 1 is 1.26 bits per heavy atom. The lowest BCUT2D eigenvalue weighted by Gasteiger charge is -2.25. The molecule has 2 rings (SSSR count). The number of rotatable bonds is 6. The topological polar surface area (TPSA) is 65.4 Å². The minimum Gasteiger partial charge on any atom is -0.493 e. The maximum absolute atomic E-state index is 12.6. The second-order valence-electron chi connectivity index (χ2n) is 5.83. The lowest BCUT2D eigenvalue weighted by molar-refractivity contribution is -0.125. The van der Waals surface area contributed by atoms with E-state index in [-0.39, 0.29) is 5.91 Å². The van der Waals surface area contributed by atoms with Crippen molar-refractivity contribution in [1.82, 2.24) is 14.9 Å². The maximum Gasteiger partial charge on any atom is 0.230 e. The zero-order valence-electron chi connectivity index (χ0n) is 14.2. The van der Waals surface area contributed by atoms with Crippen molar-refractivity contribution in [2.24, 2.45) is 7.05 Å². The van der Waals surface area contributed by atoms with Gasteiger partial charge < -0.3 is 19.4 Å². The van der Waals surface area contributed by atoms with Gasteiger partial charge in [0.15, 0.2) is 11.5 Å². The highest BCUT2D eigenvalue weighted by Gasteiger charge is 2.30. The molecular formula is C17H23N3O3. The Morgan fingerprint density at radius 2 is 1.96 bits per heavy atom. The third-order valence-electron chi connectivity index (χ3n) is 4.00. The number of hydrogen-bond acceptors (Lipinski definition) is 4. The van der Waals surface area contributed by atoms with Gasteiger partial charge in [0.25, 0.3) is 0 Å². The van der Waals surface area contributed by atoms with E-state index in [1.807, 2.05) is 49.9 Å². The van der Waals surface area contributed by atoms with Crippen LogP contribution in [0.3, 0.4) is 0 Å². The van der Waals surface area contributed by atoms with Crippen molar-refractivity contribution in [2.45, 2.75) is 25.8 Å². The van der Waals surface area contributed by atoms with Crippen LogP contribution < -0.4 is 14.8 Å². The molecule has 6 heteroatoms. The van der Waals surface area contributed by atoms with E-state index in [4.69, 9.17) is 9.47 Å². The number of methoxy groups -OCH3 is 2. The van der Waals surface area contributed by atoms with Crippen molar-refractivity contribution >= 4 is 5.91 Å². The van der Waals surface area contributed by atoms with E-state index in [0.29, 0.717) is 18.0 Å². The van der Waals surface area contributed by atoms with Gasteiger partial charge in [-0.15, -0.1) is 0 Å². The second kappa shape index (κ2) is 6.73. The van der Waals surface area contributed by atoms with Crippen LogP contribution in [-0.2, 0) is 23.8 Å². The SMILES string of the molecule is COc1ccc(C(C)(C)C(=O)NCc2nccn2C)cc1OC. The van der Waals surface area contributed by atoms with Crippen LogP contribution in [0.4, 0.5) is 0 Å². The minimum absolute atomic E-state index is 0.0762. The molecule has 0 saturated carbocycles. The van der Waals surface area contributed by atoms with Gasteiger partial charge in [-0.2, -0.15) is 0 Å². The molecule has 1 aromatic heterocycles. The summed E-state index contributed by atoms with van der Waals surface area (Å²) < 4.78 is 12.4. The second-order valence-corrected chi connectivity index (χ2v) is 5.83. The standard InChI is InChI=1S/C17H23N3O3/c1-17(2,12-6-7-13(22-4)14(10-12)23-5)16(21)19-11-15-18-8-9-20(15)3/h6-10H,11H2,1-5H3,(H,19,21). The molecule has 0 spiro atoms. The van der Waals surface area contributed by atoms with Crippen LogP contribution in [0.25, 0.3) is 0 Å². The summed E-state index contributed by atoms with van der Waals surface area (Å²) in [6, 6.07) is 5.52. The molecule has 0 saturated heterocycles. The highest BCUT2D eigenvalue weighted by molar-refractivity contribution is 5.87. The number of ether oxygens (including phenoxy) is 2. The van der Waals surface area contributed by atoms with E-state index in [9.17, 15) is 4.79 Å². The van der Waals surface area contributed by atoms with E-state index < -0.39 is 5.41 Å². The van der Waals surface area contributed by atoms with E-state index >= 15 is 0 Å². The molecule has 1 aromatic carbocycles. The van der Waals surface area contributed by atoms with Crippen LogP contribution >= 0.6 is 0 Å². The summed E-state index contributed by atoms with van der Waals surface area (Å²) in [6.45, 7) is 4.14. The lowest BCUT2D eigenvalue weighted by Crippen LogP contribution is -2.40. The van der Waals surface area contributed by atoms with E-state index in [2.05, 4.69) is 10.3 Å². The first-order valence-electron chi connectivity index (χ1n) is 7.37. The molecule has 0 unspecified atom stereocenters. The third-order valence-corrected chi connectivity index (χ3v) is 4.00. The van der Waals surface area contributed by atoms with Crippen molar-refractivity contribution in [1.29, 1.82) is 0 Å². The summed E-state index contributed by atoms with van der Waals surface area (Å²) in [7, 11) is 5.06. The quantitative estimate of drug-likeness (QED) is 0.885. The van der Waals surface area contributed by atoms with Crippen molar-refractivity contribution in [3.05, 3.63) is 42.0 Å². The Bertz CT molecular complexity index is 692. The first-order chi connectivity index (χ1) is 10.9. The van der Waals surface area contributed by atoms with Crippen LogP contribution in [-0.4, -0.2) is 29.7 Å².